The number of carbonyl (C=O) groups excluding carboxylic acids is 1. The monoisotopic (exact) mass is 294 g/mol. The molecule has 3 nitrogen and oxygen atoms in total. The molecule has 1 aromatic heterocycles. The lowest BCUT2D eigenvalue weighted by Gasteiger charge is -2.17. The summed E-state index contributed by atoms with van der Waals surface area (Å²) in [5.41, 5.74) is 0.702. The van der Waals surface area contributed by atoms with Gasteiger partial charge < -0.3 is 4.90 Å². The molecule has 2 fully saturated rings. The van der Waals surface area contributed by atoms with Gasteiger partial charge in [0.15, 0.2) is 0 Å². The number of likely N-dealkylation sites (tertiary alicyclic amines) is 1. The van der Waals surface area contributed by atoms with Crippen molar-refractivity contribution in [2.75, 3.05) is 13.1 Å². The van der Waals surface area contributed by atoms with Gasteiger partial charge in [-0.3, -0.25) is 4.79 Å². The van der Waals surface area contributed by atoms with E-state index in [0.717, 1.165) is 29.5 Å². The Morgan fingerprint density at radius 1 is 1.29 bits per heavy atom. The van der Waals surface area contributed by atoms with Crippen LogP contribution in [0.4, 0.5) is 0 Å². The summed E-state index contributed by atoms with van der Waals surface area (Å²) in [4.78, 5) is 18.4. The van der Waals surface area contributed by atoms with Crippen molar-refractivity contribution in [3.8, 4) is 0 Å². The second-order valence-electron chi connectivity index (χ2n) is 5.03. The number of nitrogens with zero attached hydrogens (tertiary/aromatic N) is 2. The molecule has 2 aliphatic rings. The van der Waals surface area contributed by atoms with Crippen LogP contribution in [-0.2, 0) is 0 Å². The lowest BCUT2D eigenvalue weighted by Crippen LogP contribution is -2.29. The second kappa shape index (κ2) is 4.41. The summed E-state index contributed by atoms with van der Waals surface area (Å²) in [5, 5.41) is 0. The number of fused-ring (bicyclic) bond motifs is 1. The van der Waals surface area contributed by atoms with Crippen molar-refractivity contribution >= 4 is 21.8 Å². The minimum Gasteiger partial charge on any atom is -0.338 e. The van der Waals surface area contributed by atoms with E-state index in [4.69, 9.17) is 0 Å². The zero-order valence-electron chi connectivity index (χ0n) is 9.60. The fourth-order valence-corrected chi connectivity index (χ4v) is 3.32. The molecule has 1 aliphatic heterocycles. The first kappa shape index (κ1) is 11.2. The van der Waals surface area contributed by atoms with Crippen molar-refractivity contribution in [1.29, 1.82) is 0 Å². The van der Waals surface area contributed by atoms with Crippen LogP contribution in [0.25, 0.3) is 0 Å². The number of rotatable bonds is 1. The molecule has 1 aromatic rings. The van der Waals surface area contributed by atoms with Crippen molar-refractivity contribution < 1.29 is 4.79 Å². The largest absolute Gasteiger partial charge is 0.338 e. The number of pyridine rings is 1. The van der Waals surface area contributed by atoms with Gasteiger partial charge in [-0.2, -0.15) is 0 Å². The Hall–Kier alpha value is -0.900. The van der Waals surface area contributed by atoms with Gasteiger partial charge in [0.05, 0.1) is 5.56 Å². The summed E-state index contributed by atoms with van der Waals surface area (Å²) in [6.07, 6.45) is 5.60. The van der Waals surface area contributed by atoms with Crippen molar-refractivity contribution in [2.24, 2.45) is 11.8 Å². The normalized spacial score (nSPS) is 27.2. The zero-order valence-corrected chi connectivity index (χ0v) is 11.2. The van der Waals surface area contributed by atoms with Gasteiger partial charge in [-0.05, 0) is 52.7 Å². The third-order valence-corrected chi connectivity index (χ3v) is 4.46. The van der Waals surface area contributed by atoms with Gasteiger partial charge in [-0.1, -0.05) is 6.42 Å². The lowest BCUT2D eigenvalue weighted by molar-refractivity contribution is 0.0780. The summed E-state index contributed by atoms with van der Waals surface area (Å²) in [6, 6.07) is 3.66. The average molecular weight is 295 g/mol. The molecule has 0 aromatic carbocycles. The number of hydrogen-bond acceptors (Lipinski definition) is 2. The van der Waals surface area contributed by atoms with E-state index in [-0.39, 0.29) is 5.91 Å². The van der Waals surface area contributed by atoms with Crippen molar-refractivity contribution in [2.45, 2.75) is 19.3 Å². The molecule has 0 radical (unpaired) electrons. The molecule has 3 rings (SSSR count). The van der Waals surface area contributed by atoms with Gasteiger partial charge in [0.2, 0.25) is 0 Å². The minimum absolute atomic E-state index is 0.138. The van der Waals surface area contributed by atoms with E-state index in [1.54, 1.807) is 6.20 Å². The molecule has 1 aliphatic carbocycles. The first-order valence-electron chi connectivity index (χ1n) is 6.15. The highest BCUT2D eigenvalue weighted by Crippen LogP contribution is 2.38. The first-order chi connectivity index (χ1) is 8.24. The summed E-state index contributed by atoms with van der Waals surface area (Å²) in [5.74, 6) is 1.64. The molecular weight excluding hydrogens is 280 g/mol. The molecular formula is C13H15BrN2O. The molecule has 4 heteroatoms. The summed E-state index contributed by atoms with van der Waals surface area (Å²) >= 11 is 3.28. The van der Waals surface area contributed by atoms with E-state index in [1.165, 1.54) is 19.3 Å². The number of halogens is 1. The second-order valence-corrected chi connectivity index (χ2v) is 5.84. The van der Waals surface area contributed by atoms with Crippen LogP contribution in [0.1, 0.15) is 29.6 Å². The van der Waals surface area contributed by atoms with E-state index in [1.807, 2.05) is 17.0 Å². The molecule has 2 unspecified atom stereocenters. The third kappa shape index (κ3) is 2.10. The highest BCUT2D eigenvalue weighted by atomic mass is 79.9. The van der Waals surface area contributed by atoms with Crippen molar-refractivity contribution in [3.63, 3.8) is 0 Å². The van der Waals surface area contributed by atoms with Crippen molar-refractivity contribution in [1.82, 2.24) is 9.88 Å². The Kier molecular flexibility index (Phi) is 2.90. The van der Waals surface area contributed by atoms with E-state index < -0.39 is 0 Å². The smallest absolute Gasteiger partial charge is 0.255 e. The molecule has 1 saturated heterocycles. The van der Waals surface area contributed by atoms with Crippen LogP contribution in [0, 0.1) is 11.8 Å². The molecule has 90 valence electrons. The predicted molar refractivity (Wildman–Crippen MR) is 68.7 cm³/mol. The fraction of sp³-hybridized carbons (Fsp3) is 0.538. The quantitative estimate of drug-likeness (QED) is 0.746. The van der Waals surface area contributed by atoms with E-state index in [2.05, 4.69) is 20.9 Å². The molecule has 0 N–H and O–H groups in total. The number of amides is 1. The van der Waals surface area contributed by atoms with Gasteiger partial charge in [-0.25, -0.2) is 4.98 Å². The maximum Gasteiger partial charge on any atom is 0.255 e. The van der Waals surface area contributed by atoms with Gasteiger partial charge in [0.1, 0.15) is 4.60 Å². The highest BCUT2D eigenvalue weighted by molar-refractivity contribution is 9.10. The van der Waals surface area contributed by atoms with Gasteiger partial charge in [0.25, 0.3) is 5.91 Å². The van der Waals surface area contributed by atoms with E-state index >= 15 is 0 Å². The summed E-state index contributed by atoms with van der Waals surface area (Å²) < 4.78 is 0.771. The minimum atomic E-state index is 0.138. The first-order valence-corrected chi connectivity index (χ1v) is 6.94. The van der Waals surface area contributed by atoms with E-state index in [0.29, 0.717) is 5.56 Å². The Balaban J connectivity index is 1.73. The van der Waals surface area contributed by atoms with Crippen LogP contribution < -0.4 is 0 Å². The Morgan fingerprint density at radius 3 is 2.59 bits per heavy atom. The topological polar surface area (TPSA) is 33.2 Å². The standard InChI is InChI=1S/C13H15BrN2O/c14-12-5-4-9(6-15-12)13(17)16-7-10-2-1-3-11(10)8-16/h4-6,10-11H,1-3,7-8H2. The van der Waals surface area contributed by atoms with Crippen LogP contribution in [0.5, 0.6) is 0 Å². The van der Waals surface area contributed by atoms with Gasteiger partial charge in [0, 0.05) is 19.3 Å². The maximum absolute atomic E-state index is 12.3. The lowest BCUT2D eigenvalue weighted by atomic mass is 10.0. The molecule has 17 heavy (non-hydrogen) atoms. The third-order valence-electron chi connectivity index (χ3n) is 3.99. The van der Waals surface area contributed by atoms with Crippen LogP contribution >= 0.6 is 15.9 Å². The van der Waals surface area contributed by atoms with E-state index in [9.17, 15) is 4.79 Å². The fourth-order valence-electron chi connectivity index (χ4n) is 3.09. The zero-order chi connectivity index (χ0) is 11.8. The number of carbonyl (C=O) groups is 1. The molecule has 1 saturated carbocycles. The Morgan fingerprint density at radius 2 is 2.00 bits per heavy atom. The molecule has 2 heterocycles. The van der Waals surface area contributed by atoms with Crippen LogP contribution in [0.15, 0.2) is 22.9 Å². The summed E-state index contributed by atoms with van der Waals surface area (Å²) in [6.45, 7) is 1.89. The van der Waals surface area contributed by atoms with Crippen LogP contribution in [0.3, 0.4) is 0 Å². The number of aromatic nitrogens is 1. The molecule has 0 bridgehead atoms. The number of hydrogen-bond donors (Lipinski definition) is 0. The maximum atomic E-state index is 12.3. The Bertz CT molecular complexity index is 420. The molecule has 1 amide bonds. The van der Waals surface area contributed by atoms with Crippen molar-refractivity contribution in [3.05, 3.63) is 28.5 Å². The van der Waals surface area contributed by atoms with Gasteiger partial charge >= 0.3 is 0 Å². The predicted octanol–water partition coefficient (Wildman–Crippen LogP) is 2.72. The Labute approximate surface area is 109 Å². The van der Waals surface area contributed by atoms with Crippen LogP contribution in [0.2, 0.25) is 0 Å². The summed E-state index contributed by atoms with van der Waals surface area (Å²) in [7, 11) is 0. The van der Waals surface area contributed by atoms with Crippen LogP contribution in [-0.4, -0.2) is 28.9 Å². The molecule has 2 atom stereocenters. The SMILES string of the molecule is O=C(c1ccc(Br)nc1)N1CC2CCCC2C1. The van der Waals surface area contributed by atoms with Gasteiger partial charge in [-0.15, -0.1) is 0 Å². The molecule has 0 spiro atoms. The highest BCUT2D eigenvalue weighted by Gasteiger charge is 2.38. The average Bonchev–Trinajstić information content (AvgIpc) is 2.89.